The first-order valence-electron chi connectivity index (χ1n) is 8.17. The number of fused-ring (bicyclic) bond motifs is 1. The molecule has 1 aromatic heterocycles. The lowest BCUT2D eigenvalue weighted by Crippen LogP contribution is -2.45. The summed E-state index contributed by atoms with van der Waals surface area (Å²) in [7, 11) is 0. The van der Waals surface area contributed by atoms with E-state index in [0.29, 0.717) is 23.1 Å². The zero-order valence-corrected chi connectivity index (χ0v) is 15.2. The van der Waals surface area contributed by atoms with E-state index in [1.165, 1.54) is 11.8 Å². The summed E-state index contributed by atoms with van der Waals surface area (Å²) in [6.07, 6.45) is 2.40. The number of carbonyl (C=O) groups is 2. The van der Waals surface area contributed by atoms with Crippen molar-refractivity contribution in [2.45, 2.75) is 25.3 Å². The normalized spacial score (nSPS) is 12.0. The fourth-order valence-corrected chi connectivity index (χ4v) is 3.09. The number of amides is 1. The molecule has 0 saturated heterocycles. The number of hydrogen-bond acceptors (Lipinski definition) is 5. The van der Waals surface area contributed by atoms with Crippen LogP contribution in [0.1, 0.15) is 25.3 Å². The Hall–Kier alpha value is -2.55. The summed E-state index contributed by atoms with van der Waals surface area (Å²) in [5, 5.41) is 11.6. The number of para-hydroxylation sites is 1. The van der Waals surface area contributed by atoms with Crippen molar-refractivity contribution in [2.75, 3.05) is 18.6 Å². The predicted molar refractivity (Wildman–Crippen MR) is 101 cm³/mol. The Morgan fingerprint density at radius 2 is 2.04 bits per heavy atom. The van der Waals surface area contributed by atoms with Crippen molar-refractivity contribution < 1.29 is 14.7 Å². The smallest absolute Gasteiger partial charge is 0.329 e. The number of carboxylic acid groups (broad SMARTS) is 1. The van der Waals surface area contributed by atoms with Crippen LogP contribution in [0.4, 0.5) is 0 Å². The van der Waals surface area contributed by atoms with E-state index in [1.54, 1.807) is 24.3 Å². The highest BCUT2D eigenvalue weighted by Crippen LogP contribution is 2.13. The summed E-state index contributed by atoms with van der Waals surface area (Å²) >= 11 is 1.50. The van der Waals surface area contributed by atoms with Gasteiger partial charge in [-0.1, -0.05) is 12.1 Å². The van der Waals surface area contributed by atoms with Gasteiger partial charge in [0.05, 0.1) is 10.9 Å². The molecule has 26 heavy (non-hydrogen) atoms. The lowest BCUT2D eigenvalue weighted by molar-refractivity contribution is -0.137. The van der Waals surface area contributed by atoms with Gasteiger partial charge in [0.15, 0.2) is 0 Å². The zero-order chi connectivity index (χ0) is 19.1. The molecule has 8 nitrogen and oxygen atoms in total. The minimum absolute atomic E-state index is 0.0632. The first kappa shape index (κ1) is 19.8. The van der Waals surface area contributed by atoms with E-state index in [0.717, 1.165) is 4.57 Å². The number of aliphatic carboxylic acids is 1. The number of thioether (sulfide) groups is 1. The van der Waals surface area contributed by atoms with Crippen LogP contribution in [-0.4, -0.2) is 45.1 Å². The van der Waals surface area contributed by atoms with E-state index >= 15 is 0 Å². The predicted octanol–water partition coefficient (Wildman–Crippen LogP) is 0.965. The van der Waals surface area contributed by atoms with Crippen LogP contribution in [-0.2, 0) is 9.59 Å². The zero-order valence-electron chi connectivity index (χ0n) is 14.4. The maximum absolute atomic E-state index is 12.8. The second-order valence-corrected chi connectivity index (χ2v) is 6.72. The second-order valence-electron chi connectivity index (χ2n) is 5.74. The molecule has 9 heteroatoms. The SMILES string of the molecule is CSCC[C@@H](C(=O)NCCCC(=O)O)n1c(=O)[nH]c2ccccc2c1=O. The number of carboxylic acids is 1. The van der Waals surface area contributed by atoms with Gasteiger partial charge in [0.2, 0.25) is 5.91 Å². The average molecular weight is 379 g/mol. The number of aromatic amines is 1. The van der Waals surface area contributed by atoms with Gasteiger partial charge in [0, 0.05) is 13.0 Å². The van der Waals surface area contributed by atoms with Gasteiger partial charge in [-0.3, -0.25) is 14.4 Å². The quantitative estimate of drug-likeness (QED) is 0.558. The molecule has 0 aliphatic heterocycles. The molecule has 0 radical (unpaired) electrons. The highest BCUT2D eigenvalue weighted by Gasteiger charge is 2.24. The van der Waals surface area contributed by atoms with Gasteiger partial charge in [0.1, 0.15) is 6.04 Å². The standard InChI is InChI=1S/C17H21N3O5S/c1-26-10-8-13(15(23)18-9-4-7-14(21)22)20-16(24)11-5-2-3-6-12(11)19-17(20)25/h2-3,5-6,13H,4,7-10H2,1H3,(H,18,23)(H,19,25)(H,21,22)/t13-/m0/s1. The Balaban J connectivity index is 2.33. The Bertz CT molecular complexity index is 905. The third-order valence-electron chi connectivity index (χ3n) is 3.91. The van der Waals surface area contributed by atoms with Gasteiger partial charge in [-0.05, 0) is 37.0 Å². The maximum Gasteiger partial charge on any atom is 0.329 e. The number of aromatic nitrogens is 2. The summed E-state index contributed by atoms with van der Waals surface area (Å²) in [4.78, 5) is 50.9. The van der Waals surface area contributed by atoms with Gasteiger partial charge in [0.25, 0.3) is 5.56 Å². The fraction of sp³-hybridized carbons (Fsp3) is 0.412. The topological polar surface area (TPSA) is 121 Å². The minimum Gasteiger partial charge on any atom is -0.481 e. The third-order valence-corrected chi connectivity index (χ3v) is 4.56. The van der Waals surface area contributed by atoms with Crippen molar-refractivity contribution in [1.29, 1.82) is 0 Å². The van der Waals surface area contributed by atoms with Crippen LogP contribution < -0.4 is 16.6 Å². The molecule has 0 aliphatic carbocycles. The average Bonchev–Trinajstić information content (AvgIpc) is 2.61. The van der Waals surface area contributed by atoms with E-state index < -0.39 is 29.2 Å². The fourth-order valence-electron chi connectivity index (χ4n) is 2.64. The lowest BCUT2D eigenvalue weighted by atomic mass is 10.1. The van der Waals surface area contributed by atoms with Crippen LogP contribution >= 0.6 is 11.8 Å². The number of nitrogens with one attached hydrogen (secondary N) is 2. The molecular weight excluding hydrogens is 358 g/mol. The Kier molecular flexibility index (Phi) is 7.02. The van der Waals surface area contributed by atoms with E-state index in [2.05, 4.69) is 10.3 Å². The van der Waals surface area contributed by atoms with Crippen LogP contribution in [0.25, 0.3) is 10.9 Å². The number of nitrogens with zero attached hydrogens (tertiary/aromatic N) is 1. The van der Waals surface area contributed by atoms with Gasteiger partial charge in [-0.25, -0.2) is 9.36 Å². The van der Waals surface area contributed by atoms with E-state index in [1.807, 2.05) is 6.26 Å². The van der Waals surface area contributed by atoms with Crippen LogP contribution in [0, 0.1) is 0 Å². The molecule has 2 aromatic rings. The van der Waals surface area contributed by atoms with Crippen molar-refractivity contribution in [3.05, 3.63) is 45.1 Å². The molecule has 1 atom stereocenters. The number of H-pyrrole nitrogens is 1. The molecule has 0 fully saturated rings. The molecule has 0 saturated carbocycles. The van der Waals surface area contributed by atoms with Gasteiger partial charge < -0.3 is 15.4 Å². The highest BCUT2D eigenvalue weighted by atomic mass is 32.2. The van der Waals surface area contributed by atoms with Crippen molar-refractivity contribution in [2.24, 2.45) is 0 Å². The molecule has 0 aliphatic rings. The number of carbonyl (C=O) groups excluding carboxylic acids is 1. The molecule has 1 amide bonds. The Labute approximate surface area is 153 Å². The molecule has 1 heterocycles. The highest BCUT2D eigenvalue weighted by molar-refractivity contribution is 7.98. The van der Waals surface area contributed by atoms with Gasteiger partial charge in [-0.2, -0.15) is 11.8 Å². The number of rotatable bonds is 9. The van der Waals surface area contributed by atoms with Crippen LogP contribution in [0.2, 0.25) is 0 Å². The second kappa shape index (κ2) is 9.23. The largest absolute Gasteiger partial charge is 0.481 e. The third kappa shape index (κ3) is 4.75. The lowest BCUT2D eigenvalue weighted by Gasteiger charge is -2.18. The summed E-state index contributed by atoms with van der Waals surface area (Å²) in [5.41, 5.74) is -0.735. The summed E-state index contributed by atoms with van der Waals surface area (Å²) in [6.45, 7) is 0.168. The van der Waals surface area contributed by atoms with E-state index in [-0.39, 0.29) is 19.4 Å². The molecule has 0 bridgehead atoms. The summed E-state index contributed by atoms with van der Waals surface area (Å²) in [5.74, 6) is -0.820. The number of benzene rings is 1. The van der Waals surface area contributed by atoms with Crippen LogP contribution in [0.3, 0.4) is 0 Å². The minimum atomic E-state index is -0.951. The summed E-state index contributed by atoms with van der Waals surface area (Å²) in [6, 6.07) is 5.68. The van der Waals surface area contributed by atoms with Gasteiger partial charge >= 0.3 is 11.7 Å². The Morgan fingerprint density at radius 3 is 2.73 bits per heavy atom. The molecular formula is C17H21N3O5S. The van der Waals surface area contributed by atoms with Crippen molar-refractivity contribution in [1.82, 2.24) is 14.9 Å². The van der Waals surface area contributed by atoms with Gasteiger partial charge in [-0.15, -0.1) is 0 Å². The van der Waals surface area contributed by atoms with E-state index in [9.17, 15) is 19.2 Å². The van der Waals surface area contributed by atoms with Crippen molar-refractivity contribution in [3.8, 4) is 0 Å². The molecule has 2 rings (SSSR count). The monoisotopic (exact) mass is 379 g/mol. The van der Waals surface area contributed by atoms with Crippen molar-refractivity contribution >= 4 is 34.5 Å². The maximum atomic E-state index is 12.8. The molecule has 1 aromatic carbocycles. The first-order chi connectivity index (χ1) is 12.5. The molecule has 0 unspecified atom stereocenters. The molecule has 0 spiro atoms. The van der Waals surface area contributed by atoms with Crippen molar-refractivity contribution in [3.63, 3.8) is 0 Å². The first-order valence-corrected chi connectivity index (χ1v) is 9.57. The molecule has 140 valence electrons. The summed E-state index contributed by atoms with van der Waals surface area (Å²) < 4.78 is 0.949. The van der Waals surface area contributed by atoms with Crippen LogP contribution in [0.15, 0.2) is 33.9 Å². The molecule has 3 N–H and O–H groups in total. The Morgan fingerprint density at radius 1 is 1.31 bits per heavy atom. The van der Waals surface area contributed by atoms with Crippen LogP contribution in [0.5, 0.6) is 0 Å². The number of hydrogen-bond donors (Lipinski definition) is 3. The van der Waals surface area contributed by atoms with E-state index in [4.69, 9.17) is 5.11 Å².